The number of rotatable bonds is 5. The van der Waals surface area contributed by atoms with E-state index in [4.69, 9.17) is 0 Å². The third-order valence-corrected chi connectivity index (χ3v) is 5.25. The van der Waals surface area contributed by atoms with Crippen molar-refractivity contribution in [1.29, 1.82) is 0 Å². The summed E-state index contributed by atoms with van der Waals surface area (Å²) in [6.07, 6.45) is 1.52. The molecule has 0 aliphatic rings. The lowest BCUT2D eigenvalue weighted by Crippen LogP contribution is -2.25. The van der Waals surface area contributed by atoms with Crippen molar-refractivity contribution in [2.45, 2.75) is 25.0 Å². The van der Waals surface area contributed by atoms with Crippen LogP contribution < -0.4 is 4.72 Å². The Morgan fingerprint density at radius 1 is 1.38 bits per heavy atom. The summed E-state index contributed by atoms with van der Waals surface area (Å²) in [6, 6.07) is 6.52. The zero-order valence-corrected chi connectivity index (χ0v) is 13.6. The first kappa shape index (κ1) is 16.0. The summed E-state index contributed by atoms with van der Waals surface area (Å²) in [7, 11) is -3.70. The molecule has 1 heterocycles. The minimum absolute atomic E-state index is 0.0522. The van der Waals surface area contributed by atoms with Gasteiger partial charge < -0.3 is 5.11 Å². The Balaban J connectivity index is 2.29. The number of nitrogens with one attached hydrogen (secondary N) is 1. The third-order valence-electron chi connectivity index (χ3n) is 2.90. The predicted octanol–water partition coefficient (Wildman–Crippen LogP) is 1.52. The SMILES string of the molecule is Cc1c(Br)cc(CO)cc1S(=O)(=O)NCc1cccnn1. The zero-order valence-electron chi connectivity index (χ0n) is 11.2. The standard InChI is InChI=1S/C13H14BrN3O3S/c1-9-12(14)5-10(8-18)6-13(9)21(19,20)16-7-11-3-2-4-15-17-11/h2-6,16,18H,7-8H2,1H3. The number of aromatic nitrogens is 2. The molecule has 2 N–H and O–H groups in total. The van der Waals surface area contributed by atoms with E-state index in [1.165, 1.54) is 12.3 Å². The van der Waals surface area contributed by atoms with Gasteiger partial charge in [0.1, 0.15) is 0 Å². The molecule has 2 aromatic rings. The molecule has 0 bridgehead atoms. The van der Waals surface area contributed by atoms with Crippen LogP contribution in [0.15, 0.2) is 39.8 Å². The highest BCUT2D eigenvalue weighted by Crippen LogP contribution is 2.25. The number of hydrogen-bond acceptors (Lipinski definition) is 5. The van der Waals surface area contributed by atoms with E-state index in [9.17, 15) is 13.5 Å². The molecule has 0 saturated carbocycles. The number of benzene rings is 1. The normalized spacial score (nSPS) is 11.6. The Morgan fingerprint density at radius 2 is 2.14 bits per heavy atom. The fraction of sp³-hybridized carbons (Fsp3) is 0.231. The Kier molecular flexibility index (Phi) is 5.04. The van der Waals surface area contributed by atoms with Crippen molar-refractivity contribution in [3.8, 4) is 0 Å². The molecule has 0 radical (unpaired) electrons. The summed E-state index contributed by atoms with van der Waals surface area (Å²) in [5, 5.41) is 16.7. The van der Waals surface area contributed by atoms with Gasteiger partial charge in [-0.1, -0.05) is 15.9 Å². The van der Waals surface area contributed by atoms with Gasteiger partial charge in [-0.3, -0.25) is 0 Å². The molecule has 0 spiro atoms. The molecule has 0 saturated heterocycles. The van der Waals surface area contributed by atoms with Gasteiger partial charge >= 0.3 is 0 Å². The Labute approximate surface area is 131 Å². The topological polar surface area (TPSA) is 92.2 Å². The van der Waals surface area contributed by atoms with Crippen LogP contribution in [0.2, 0.25) is 0 Å². The number of hydrogen-bond donors (Lipinski definition) is 2. The summed E-state index contributed by atoms with van der Waals surface area (Å²) in [5.41, 5.74) is 1.63. The highest BCUT2D eigenvalue weighted by atomic mass is 79.9. The van der Waals surface area contributed by atoms with Gasteiger partial charge in [-0.25, -0.2) is 13.1 Å². The number of aliphatic hydroxyl groups is 1. The number of aliphatic hydroxyl groups excluding tert-OH is 1. The molecule has 0 fully saturated rings. The third kappa shape index (κ3) is 3.85. The zero-order chi connectivity index (χ0) is 15.5. The first-order valence-corrected chi connectivity index (χ1v) is 8.38. The highest BCUT2D eigenvalue weighted by molar-refractivity contribution is 9.10. The van der Waals surface area contributed by atoms with Crippen molar-refractivity contribution in [2.24, 2.45) is 0 Å². The van der Waals surface area contributed by atoms with Gasteiger partial charge in [0.2, 0.25) is 10.0 Å². The number of nitrogens with zero attached hydrogens (tertiary/aromatic N) is 2. The summed E-state index contributed by atoms with van der Waals surface area (Å²) < 4.78 is 27.9. The number of sulfonamides is 1. The molecule has 8 heteroatoms. The molecular weight excluding hydrogens is 358 g/mol. The van der Waals surface area contributed by atoms with E-state index in [1.54, 1.807) is 25.1 Å². The molecule has 1 aromatic carbocycles. The molecular formula is C13H14BrN3O3S. The smallest absolute Gasteiger partial charge is 0.241 e. The van der Waals surface area contributed by atoms with Crippen LogP contribution >= 0.6 is 15.9 Å². The van der Waals surface area contributed by atoms with Crippen molar-refractivity contribution in [3.63, 3.8) is 0 Å². The maximum Gasteiger partial charge on any atom is 0.241 e. The summed E-state index contributed by atoms with van der Waals surface area (Å²) in [6.45, 7) is 1.52. The maximum absolute atomic E-state index is 12.4. The minimum atomic E-state index is -3.70. The molecule has 112 valence electrons. The fourth-order valence-electron chi connectivity index (χ4n) is 1.75. The van der Waals surface area contributed by atoms with E-state index in [1.807, 2.05) is 0 Å². The maximum atomic E-state index is 12.4. The van der Waals surface area contributed by atoms with E-state index in [-0.39, 0.29) is 18.0 Å². The van der Waals surface area contributed by atoms with Crippen LogP contribution in [0.1, 0.15) is 16.8 Å². The largest absolute Gasteiger partial charge is 0.392 e. The van der Waals surface area contributed by atoms with Crippen LogP contribution in [-0.4, -0.2) is 23.7 Å². The first-order valence-electron chi connectivity index (χ1n) is 6.10. The molecule has 21 heavy (non-hydrogen) atoms. The van der Waals surface area contributed by atoms with Crippen LogP contribution in [-0.2, 0) is 23.2 Å². The molecule has 0 unspecified atom stereocenters. The quantitative estimate of drug-likeness (QED) is 0.830. The van der Waals surface area contributed by atoms with Crippen LogP contribution in [0.4, 0.5) is 0 Å². The number of halogens is 1. The monoisotopic (exact) mass is 371 g/mol. The molecule has 0 aliphatic heterocycles. The van der Waals surface area contributed by atoms with Crippen molar-refractivity contribution >= 4 is 26.0 Å². The van der Waals surface area contributed by atoms with Gasteiger partial charge in [-0.2, -0.15) is 10.2 Å². The van der Waals surface area contributed by atoms with E-state index in [0.717, 1.165) is 0 Å². The average Bonchev–Trinajstić information content (AvgIpc) is 2.48. The molecule has 0 aliphatic carbocycles. The van der Waals surface area contributed by atoms with E-state index in [2.05, 4.69) is 30.8 Å². The summed E-state index contributed by atoms with van der Waals surface area (Å²) in [4.78, 5) is 0.129. The lowest BCUT2D eigenvalue weighted by molar-refractivity contribution is 0.281. The van der Waals surface area contributed by atoms with Gasteiger partial charge in [-0.15, -0.1) is 0 Å². The lowest BCUT2D eigenvalue weighted by Gasteiger charge is -2.12. The molecule has 2 rings (SSSR count). The fourth-order valence-corrected chi connectivity index (χ4v) is 3.70. The Hall–Kier alpha value is -1.35. The van der Waals surface area contributed by atoms with Gasteiger partial charge in [0.05, 0.1) is 23.7 Å². The highest BCUT2D eigenvalue weighted by Gasteiger charge is 2.19. The summed E-state index contributed by atoms with van der Waals surface area (Å²) >= 11 is 3.30. The second kappa shape index (κ2) is 6.61. The van der Waals surface area contributed by atoms with Gasteiger partial charge in [-0.05, 0) is 42.3 Å². The minimum Gasteiger partial charge on any atom is -0.392 e. The van der Waals surface area contributed by atoms with Crippen LogP contribution in [0.3, 0.4) is 0 Å². The molecule has 1 aromatic heterocycles. The van der Waals surface area contributed by atoms with E-state index in [0.29, 0.717) is 21.3 Å². The van der Waals surface area contributed by atoms with Gasteiger partial charge in [0, 0.05) is 10.7 Å². The second-order valence-electron chi connectivity index (χ2n) is 4.40. The predicted molar refractivity (Wildman–Crippen MR) is 80.9 cm³/mol. The molecule has 0 amide bonds. The molecule has 0 atom stereocenters. The van der Waals surface area contributed by atoms with E-state index >= 15 is 0 Å². The van der Waals surface area contributed by atoms with Crippen molar-refractivity contribution in [3.05, 3.63) is 51.8 Å². The second-order valence-corrected chi connectivity index (χ2v) is 6.99. The van der Waals surface area contributed by atoms with Crippen molar-refractivity contribution in [2.75, 3.05) is 0 Å². The van der Waals surface area contributed by atoms with E-state index < -0.39 is 10.0 Å². The molecule has 6 nitrogen and oxygen atoms in total. The van der Waals surface area contributed by atoms with Gasteiger partial charge in [0.15, 0.2) is 0 Å². The lowest BCUT2D eigenvalue weighted by atomic mass is 10.2. The Bertz CT molecular complexity index is 736. The van der Waals surface area contributed by atoms with Crippen LogP contribution in [0.25, 0.3) is 0 Å². The van der Waals surface area contributed by atoms with Crippen molar-refractivity contribution < 1.29 is 13.5 Å². The van der Waals surface area contributed by atoms with Crippen molar-refractivity contribution in [1.82, 2.24) is 14.9 Å². The van der Waals surface area contributed by atoms with Gasteiger partial charge in [0.25, 0.3) is 0 Å². The van der Waals surface area contributed by atoms with Crippen LogP contribution in [0, 0.1) is 6.92 Å². The average molecular weight is 372 g/mol. The van der Waals surface area contributed by atoms with Crippen LogP contribution in [0.5, 0.6) is 0 Å². The summed E-state index contributed by atoms with van der Waals surface area (Å²) in [5.74, 6) is 0. The Morgan fingerprint density at radius 3 is 2.76 bits per heavy atom. The first-order chi connectivity index (χ1) is 9.94.